The number of nitrogens with one attached hydrogen (secondary N) is 2. The van der Waals surface area contributed by atoms with Crippen molar-refractivity contribution in [1.82, 2.24) is 14.9 Å². The van der Waals surface area contributed by atoms with E-state index in [1.807, 2.05) is 24.3 Å². The third-order valence-electron chi connectivity index (χ3n) is 3.52. The maximum atomic E-state index is 12.3. The molecule has 0 aliphatic heterocycles. The molecule has 0 amide bonds. The number of sulfonamides is 1. The van der Waals surface area contributed by atoms with Crippen LogP contribution < -0.4 is 9.46 Å². The van der Waals surface area contributed by atoms with Crippen LogP contribution in [0, 0.1) is 13.8 Å². The van der Waals surface area contributed by atoms with Crippen LogP contribution in [0.1, 0.15) is 36.7 Å². The van der Waals surface area contributed by atoms with Gasteiger partial charge < -0.3 is 4.74 Å². The van der Waals surface area contributed by atoms with Crippen LogP contribution in [0.2, 0.25) is 0 Å². The highest BCUT2D eigenvalue weighted by Gasteiger charge is 2.21. The first-order valence-electron chi connectivity index (χ1n) is 7.56. The lowest BCUT2D eigenvalue weighted by atomic mass is 10.0. The number of aromatic amines is 1. The smallest absolute Gasteiger partial charge is 0.244 e. The summed E-state index contributed by atoms with van der Waals surface area (Å²) < 4.78 is 32.9. The van der Waals surface area contributed by atoms with Crippen LogP contribution in [0.5, 0.6) is 5.75 Å². The fraction of sp³-hybridized carbons (Fsp3) is 0.438. The van der Waals surface area contributed by atoms with E-state index in [4.69, 9.17) is 4.74 Å². The van der Waals surface area contributed by atoms with Gasteiger partial charge in [-0.25, -0.2) is 13.1 Å². The number of nitrogens with zero attached hydrogens (tertiary/aromatic N) is 1. The van der Waals surface area contributed by atoms with Gasteiger partial charge in [-0.15, -0.1) is 0 Å². The first-order chi connectivity index (χ1) is 10.8. The zero-order chi connectivity index (χ0) is 17.0. The Morgan fingerprint density at radius 3 is 2.57 bits per heavy atom. The lowest BCUT2D eigenvalue weighted by Gasteiger charge is -2.14. The van der Waals surface area contributed by atoms with Gasteiger partial charge in [0, 0.05) is 6.54 Å². The van der Waals surface area contributed by atoms with Gasteiger partial charge in [0.15, 0.2) is 0 Å². The summed E-state index contributed by atoms with van der Waals surface area (Å²) in [6.45, 7) is 7.99. The molecule has 0 aliphatic rings. The minimum Gasteiger partial charge on any atom is -0.492 e. The third kappa shape index (κ3) is 4.11. The SMILES string of the molecule is Cc1n[nH]c(C)c1S(=O)(=O)NCCOc1ccccc1C(C)C. The van der Waals surface area contributed by atoms with Gasteiger partial charge >= 0.3 is 0 Å². The van der Waals surface area contributed by atoms with Gasteiger partial charge in [0.2, 0.25) is 10.0 Å². The second kappa shape index (κ2) is 7.14. The van der Waals surface area contributed by atoms with Gasteiger partial charge in [-0.3, -0.25) is 5.10 Å². The molecule has 126 valence electrons. The Kier molecular flexibility index (Phi) is 5.43. The molecule has 1 aromatic heterocycles. The molecule has 2 rings (SSSR count). The largest absolute Gasteiger partial charge is 0.492 e. The number of H-pyrrole nitrogens is 1. The van der Waals surface area contributed by atoms with Gasteiger partial charge in [0.05, 0.1) is 11.4 Å². The minimum atomic E-state index is -3.58. The standard InChI is InChI=1S/C16H23N3O3S/c1-11(2)14-7-5-6-8-15(14)22-10-9-17-23(20,21)16-12(3)18-19-13(16)4/h5-8,11,17H,9-10H2,1-4H3,(H,18,19). The van der Waals surface area contributed by atoms with Crippen molar-refractivity contribution in [3.63, 3.8) is 0 Å². The first kappa shape index (κ1) is 17.5. The Balaban J connectivity index is 1.96. The van der Waals surface area contributed by atoms with E-state index in [1.165, 1.54) is 0 Å². The minimum absolute atomic E-state index is 0.193. The summed E-state index contributed by atoms with van der Waals surface area (Å²) in [5.41, 5.74) is 2.10. The van der Waals surface area contributed by atoms with E-state index < -0.39 is 10.0 Å². The Labute approximate surface area is 137 Å². The number of aromatic nitrogens is 2. The molecule has 2 N–H and O–H groups in total. The molecule has 1 heterocycles. The Morgan fingerprint density at radius 1 is 1.26 bits per heavy atom. The normalized spacial score (nSPS) is 11.9. The second-order valence-corrected chi connectivity index (χ2v) is 7.41. The lowest BCUT2D eigenvalue weighted by Crippen LogP contribution is -2.29. The molecule has 2 aromatic rings. The summed E-state index contributed by atoms with van der Waals surface area (Å²) in [5.74, 6) is 1.14. The topological polar surface area (TPSA) is 84.1 Å². The van der Waals surface area contributed by atoms with Gasteiger partial charge in [-0.05, 0) is 31.4 Å². The predicted molar refractivity (Wildman–Crippen MR) is 89.3 cm³/mol. The van der Waals surface area contributed by atoms with Gasteiger partial charge in [-0.2, -0.15) is 5.10 Å². The Hall–Kier alpha value is -1.86. The summed E-state index contributed by atoms with van der Waals surface area (Å²) in [7, 11) is -3.58. The molecular weight excluding hydrogens is 314 g/mol. The number of hydrogen-bond acceptors (Lipinski definition) is 4. The van der Waals surface area contributed by atoms with Crippen molar-refractivity contribution in [2.24, 2.45) is 0 Å². The molecule has 23 heavy (non-hydrogen) atoms. The molecule has 0 saturated heterocycles. The van der Waals surface area contributed by atoms with Crippen LogP contribution in [0.4, 0.5) is 0 Å². The number of aryl methyl sites for hydroxylation is 2. The Morgan fingerprint density at radius 2 is 1.96 bits per heavy atom. The molecule has 0 radical (unpaired) electrons. The first-order valence-corrected chi connectivity index (χ1v) is 9.04. The summed E-state index contributed by atoms with van der Waals surface area (Å²) in [6, 6.07) is 7.79. The maximum absolute atomic E-state index is 12.3. The van der Waals surface area contributed by atoms with Crippen molar-refractivity contribution < 1.29 is 13.2 Å². The molecular formula is C16H23N3O3S. The van der Waals surface area contributed by atoms with E-state index in [9.17, 15) is 8.42 Å². The maximum Gasteiger partial charge on any atom is 0.244 e. The summed E-state index contributed by atoms with van der Waals surface area (Å²) in [6.07, 6.45) is 0. The van der Waals surface area contributed by atoms with E-state index in [-0.39, 0.29) is 18.0 Å². The molecule has 0 saturated carbocycles. The predicted octanol–water partition coefficient (Wildman–Crippen LogP) is 2.51. The average molecular weight is 337 g/mol. The van der Waals surface area contributed by atoms with E-state index in [0.29, 0.717) is 17.3 Å². The third-order valence-corrected chi connectivity index (χ3v) is 5.25. The van der Waals surface area contributed by atoms with Crippen molar-refractivity contribution in [3.05, 3.63) is 41.2 Å². The van der Waals surface area contributed by atoms with Crippen LogP contribution >= 0.6 is 0 Å². The van der Waals surface area contributed by atoms with Gasteiger partial charge in [0.25, 0.3) is 0 Å². The number of ether oxygens (including phenoxy) is 1. The van der Waals surface area contributed by atoms with Crippen molar-refractivity contribution in [3.8, 4) is 5.75 Å². The van der Waals surface area contributed by atoms with Gasteiger partial charge in [0.1, 0.15) is 17.3 Å². The average Bonchev–Trinajstić information content (AvgIpc) is 2.83. The molecule has 7 heteroatoms. The zero-order valence-electron chi connectivity index (χ0n) is 13.9. The quantitative estimate of drug-likeness (QED) is 0.760. The van der Waals surface area contributed by atoms with Gasteiger partial charge in [-0.1, -0.05) is 32.0 Å². The van der Waals surface area contributed by atoms with E-state index in [2.05, 4.69) is 28.8 Å². The van der Waals surface area contributed by atoms with Crippen LogP contribution in [0.15, 0.2) is 29.2 Å². The molecule has 0 spiro atoms. The molecule has 0 unspecified atom stereocenters. The molecule has 0 aliphatic carbocycles. The number of rotatable bonds is 7. The monoisotopic (exact) mass is 337 g/mol. The van der Waals surface area contributed by atoms with Crippen molar-refractivity contribution in [2.45, 2.75) is 38.5 Å². The summed E-state index contributed by atoms with van der Waals surface area (Å²) in [5, 5.41) is 6.59. The molecule has 0 atom stereocenters. The lowest BCUT2D eigenvalue weighted by molar-refractivity contribution is 0.318. The molecule has 6 nitrogen and oxygen atoms in total. The molecule has 1 aromatic carbocycles. The number of hydrogen-bond donors (Lipinski definition) is 2. The fourth-order valence-electron chi connectivity index (χ4n) is 2.43. The van der Waals surface area contributed by atoms with E-state index in [0.717, 1.165) is 11.3 Å². The molecule has 0 bridgehead atoms. The van der Waals surface area contributed by atoms with E-state index >= 15 is 0 Å². The van der Waals surface area contributed by atoms with Crippen molar-refractivity contribution in [2.75, 3.05) is 13.2 Å². The summed E-state index contributed by atoms with van der Waals surface area (Å²) >= 11 is 0. The number of benzene rings is 1. The highest BCUT2D eigenvalue weighted by Crippen LogP contribution is 2.25. The highest BCUT2D eigenvalue weighted by molar-refractivity contribution is 7.89. The van der Waals surface area contributed by atoms with E-state index in [1.54, 1.807) is 13.8 Å². The highest BCUT2D eigenvalue weighted by atomic mass is 32.2. The fourth-order valence-corrected chi connectivity index (χ4v) is 3.81. The summed E-state index contributed by atoms with van der Waals surface area (Å²) in [4.78, 5) is 0.208. The second-order valence-electron chi connectivity index (χ2n) is 5.70. The van der Waals surface area contributed by atoms with Crippen LogP contribution in [0.25, 0.3) is 0 Å². The number of para-hydroxylation sites is 1. The van der Waals surface area contributed by atoms with Crippen molar-refractivity contribution in [1.29, 1.82) is 0 Å². The van der Waals surface area contributed by atoms with Crippen LogP contribution in [-0.2, 0) is 10.0 Å². The van der Waals surface area contributed by atoms with Crippen LogP contribution in [0.3, 0.4) is 0 Å². The van der Waals surface area contributed by atoms with Crippen molar-refractivity contribution >= 4 is 10.0 Å². The Bertz CT molecular complexity index is 747. The van der Waals surface area contributed by atoms with Crippen LogP contribution in [-0.4, -0.2) is 31.8 Å². The molecule has 0 fully saturated rings. The zero-order valence-corrected chi connectivity index (χ0v) is 14.7.